The van der Waals surface area contributed by atoms with E-state index in [4.69, 9.17) is 37.0 Å². The molecule has 0 rings (SSSR count). The average molecular weight is 1380 g/mol. The normalized spacial score (nSPS) is 14.3. The summed E-state index contributed by atoms with van der Waals surface area (Å²) in [4.78, 5) is 72.6. The number of aliphatic hydroxyl groups is 1. The van der Waals surface area contributed by atoms with Gasteiger partial charge in [-0.3, -0.25) is 37.3 Å². The Morgan fingerprint density at radius 2 is 0.511 bits per heavy atom. The predicted octanol–water partition coefficient (Wildman–Crippen LogP) is 22.1. The van der Waals surface area contributed by atoms with E-state index >= 15 is 0 Å². The molecule has 3 N–H and O–H groups in total. The van der Waals surface area contributed by atoms with Crippen molar-refractivity contribution in [2.75, 3.05) is 39.6 Å². The zero-order valence-electron chi connectivity index (χ0n) is 61.1. The molecule has 19 heteroatoms. The van der Waals surface area contributed by atoms with Gasteiger partial charge in [0.1, 0.15) is 19.3 Å². The number of esters is 4. The lowest BCUT2D eigenvalue weighted by Crippen LogP contribution is -2.30. The van der Waals surface area contributed by atoms with Crippen molar-refractivity contribution < 1.29 is 80.2 Å². The standard InChI is InChI=1S/C75H146O17P2/c1-6-10-13-16-19-22-24-26-28-29-30-31-32-33-35-37-39-41-44-50-55-60-74(79)91-70(64-86-73(78)59-54-49-43-40-38-36-34-27-25-23-20-17-14-11-7-2)66-89-93(81,82)87-62-69(76)63-88-94(83,84)90-67-71(65-85-72(77)58-53-48-42-21-18-15-12-8-3)92-75(80)61-56-51-46-45-47-52-57-68(5)9-4/h68-71,76H,6-67H2,1-5H3,(H,81,82)(H,83,84)/t68?,69-,70-,71-/m1/s1. The number of ether oxygens (including phenoxy) is 4. The monoisotopic (exact) mass is 1380 g/mol. The van der Waals surface area contributed by atoms with Crippen molar-refractivity contribution >= 4 is 39.5 Å². The molecule has 0 bridgehead atoms. The zero-order chi connectivity index (χ0) is 69.1. The number of phosphoric acid groups is 2. The van der Waals surface area contributed by atoms with Gasteiger partial charge in [0.15, 0.2) is 12.2 Å². The summed E-state index contributed by atoms with van der Waals surface area (Å²) < 4.78 is 68.4. The summed E-state index contributed by atoms with van der Waals surface area (Å²) in [5.74, 6) is -1.40. The third-order valence-electron chi connectivity index (χ3n) is 17.9. The predicted molar refractivity (Wildman–Crippen MR) is 382 cm³/mol. The number of hydrogen-bond donors (Lipinski definition) is 3. The molecule has 0 spiro atoms. The summed E-state index contributed by atoms with van der Waals surface area (Å²) in [5, 5.41) is 10.6. The van der Waals surface area contributed by atoms with Crippen LogP contribution in [0.15, 0.2) is 0 Å². The number of hydrogen-bond acceptors (Lipinski definition) is 15. The minimum absolute atomic E-state index is 0.103. The number of aliphatic hydroxyl groups excluding tert-OH is 1. The van der Waals surface area contributed by atoms with Crippen LogP contribution in [0.25, 0.3) is 0 Å². The molecule has 6 atom stereocenters. The van der Waals surface area contributed by atoms with Crippen LogP contribution in [-0.4, -0.2) is 96.7 Å². The first-order chi connectivity index (χ1) is 45.6. The fourth-order valence-electron chi connectivity index (χ4n) is 11.5. The molecule has 0 amide bonds. The van der Waals surface area contributed by atoms with Crippen molar-refractivity contribution in [1.29, 1.82) is 0 Å². The Morgan fingerprint density at radius 3 is 0.755 bits per heavy atom. The molecule has 0 aromatic heterocycles. The average Bonchev–Trinajstić information content (AvgIpc) is 3.70. The second-order valence-electron chi connectivity index (χ2n) is 27.3. The number of phosphoric ester groups is 2. The van der Waals surface area contributed by atoms with Gasteiger partial charge >= 0.3 is 39.5 Å². The number of carbonyl (C=O) groups excluding carboxylic acids is 4. The molecule has 0 aromatic carbocycles. The highest BCUT2D eigenvalue weighted by atomic mass is 31.2. The largest absolute Gasteiger partial charge is 0.472 e. The van der Waals surface area contributed by atoms with E-state index in [1.165, 1.54) is 212 Å². The summed E-state index contributed by atoms with van der Waals surface area (Å²) in [6.07, 6.45) is 57.1. The van der Waals surface area contributed by atoms with Crippen LogP contribution in [0, 0.1) is 5.92 Å². The van der Waals surface area contributed by atoms with Crippen molar-refractivity contribution in [3.05, 3.63) is 0 Å². The summed E-state index contributed by atoms with van der Waals surface area (Å²) in [6, 6.07) is 0. The molecule has 3 unspecified atom stereocenters. The van der Waals surface area contributed by atoms with Gasteiger partial charge in [-0.05, 0) is 31.6 Å². The van der Waals surface area contributed by atoms with Crippen molar-refractivity contribution in [2.45, 2.75) is 412 Å². The minimum atomic E-state index is -4.96. The van der Waals surface area contributed by atoms with E-state index in [0.29, 0.717) is 25.7 Å². The fourth-order valence-corrected chi connectivity index (χ4v) is 13.1. The Balaban J connectivity index is 5.17. The van der Waals surface area contributed by atoms with Crippen molar-refractivity contribution in [1.82, 2.24) is 0 Å². The summed E-state index contributed by atoms with van der Waals surface area (Å²) in [6.45, 7) is 7.20. The van der Waals surface area contributed by atoms with Gasteiger partial charge in [-0.15, -0.1) is 0 Å². The van der Waals surface area contributed by atoms with E-state index in [-0.39, 0.29) is 25.7 Å². The third kappa shape index (κ3) is 67.3. The first kappa shape index (κ1) is 92.1. The first-order valence-corrected chi connectivity index (χ1v) is 42.2. The fraction of sp³-hybridized carbons (Fsp3) is 0.947. The Labute approximate surface area is 575 Å². The molecule has 0 fully saturated rings. The van der Waals surface area contributed by atoms with Crippen molar-refractivity contribution in [2.24, 2.45) is 5.92 Å². The smallest absolute Gasteiger partial charge is 0.462 e. The Hall–Kier alpha value is -1.94. The van der Waals surface area contributed by atoms with Gasteiger partial charge < -0.3 is 33.8 Å². The molecule has 0 saturated carbocycles. The molecular formula is C75H146O17P2. The molecule has 0 aliphatic carbocycles. The molecule has 0 saturated heterocycles. The lowest BCUT2D eigenvalue weighted by atomic mass is 10.00. The topological polar surface area (TPSA) is 237 Å². The quantitative estimate of drug-likeness (QED) is 0.0222. The highest BCUT2D eigenvalue weighted by molar-refractivity contribution is 7.47. The van der Waals surface area contributed by atoms with Gasteiger partial charge in [-0.2, -0.15) is 0 Å². The van der Waals surface area contributed by atoms with Crippen LogP contribution in [0.5, 0.6) is 0 Å². The molecule has 0 heterocycles. The third-order valence-corrected chi connectivity index (χ3v) is 19.8. The van der Waals surface area contributed by atoms with Crippen molar-refractivity contribution in [3.8, 4) is 0 Å². The first-order valence-electron chi connectivity index (χ1n) is 39.2. The molecule has 0 aromatic rings. The van der Waals surface area contributed by atoms with Crippen LogP contribution < -0.4 is 0 Å². The van der Waals surface area contributed by atoms with E-state index in [2.05, 4.69) is 34.6 Å². The molecule has 0 aliphatic rings. The maximum atomic E-state index is 13.1. The zero-order valence-corrected chi connectivity index (χ0v) is 62.9. The number of unbranched alkanes of at least 4 members (excludes halogenated alkanes) is 46. The SMILES string of the molecule is CCCCCCCCCCCCCCCCCCCCCCCC(=O)O[C@H](COC(=O)CCCCCCCCCCCCCCCCC)COP(=O)(O)OC[C@@H](O)COP(=O)(O)OC[C@@H](COC(=O)CCCCCCCCCC)OC(=O)CCCCCCCCC(C)CC. The van der Waals surface area contributed by atoms with Crippen LogP contribution in [0.2, 0.25) is 0 Å². The van der Waals surface area contributed by atoms with Gasteiger partial charge in [-0.1, -0.05) is 343 Å². The van der Waals surface area contributed by atoms with E-state index < -0.39 is 97.5 Å². The van der Waals surface area contributed by atoms with E-state index in [1.54, 1.807) is 0 Å². The minimum Gasteiger partial charge on any atom is -0.462 e. The molecule has 0 radical (unpaired) electrons. The number of rotatable bonds is 75. The van der Waals surface area contributed by atoms with Gasteiger partial charge in [-0.25, -0.2) is 9.13 Å². The van der Waals surface area contributed by atoms with E-state index in [1.807, 2.05) is 0 Å². The van der Waals surface area contributed by atoms with Crippen molar-refractivity contribution in [3.63, 3.8) is 0 Å². The van der Waals surface area contributed by atoms with Gasteiger partial charge in [0.05, 0.1) is 26.4 Å². The van der Waals surface area contributed by atoms with Gasteiger partial charge in [0.25, 0.3) is 0 Å². The molecular weight excluding hydrogens is 1230 g/mol. The second-order valence-corrected chi connectivity index (χ2v) is 30.2. The highest BCUT2D eigenvalue weighted by Crippen LogP contribution is 2.45. The second kappa shape index (κ2) is 68.2. The van der Waals surface area contributed by atoms with Crippen LogP contribution in [-0.2, 0) is 65.4 Å². The lowest BCUT2D eigenvalue weighted by Gasteiger charge is -2.21. The lowest BCUT2D eigenvalue weighted by molar-refractivity contribution is -0.161. The Bertz CT molecular complexity index is 1810. The van der Waals surface area contributed by atoms with E-state index in [9.17, 15) is 43.2 Å². The van der Waals surface area contributed by atoms with Gasteiger partial charge in [0.2, 0.25) is 0 Å². The maximum Gasteiger partial charge on any atom is 0.472 e. The number of carbonyl (C=O) groups is 4. The molecule has 94 heavy (non-hydrogen) atoms. The molecule has 17 nitrogen and oxygen atoms in total. The van der Waals surface area contributed by atoms with Crippen LogP contribution in [0.4, 0.5) is 0 Å². The van der Waals surface area contributed by atoms with Crippen LogP contribution in [0.3, 0.4) is 0 Å². The Kier molecular flexibility index (Phi) is 66.8. The highest BCUT2D eigenvalue weighted by Gasteiger charge is 2.30. The van der Waals surface area contributed by atoms with E-state index in [0.717, 1.165) is 102 Å². The molecule has 558 valence electrons. The Morgan fingerprint density at radius 1 is 0.298 bits per heavy atom. The van der Waals surface area contributed by atoms with Gasteiger partial charge in [0, 0.05) is 25.7 Å². The molecule has 0 aliphatic heterocycles. The van der Waals surface area contributed by atoms with Crippen LogP contribution in [0.1, 0.15) is 394 Å². The van der Waals surface area contributed by atoms with Crippen LogP contribution >= 0.6 is 15.6 Å². The summed E-state index contributed by atoms with van der Waals surface area (Å²) in [5.41, 5.74) is 0. The summed E-state index contributed by atoms with van der Waals surface area (Å²) >= 11 is 0. The maximum absolute atomic E-state index is 13.1. The summed E-state index contributed by atoms with van der Waals surface area (Å²) in [7, 11) is -9.90.